The van der Waals surface area contributed by atoms with E-state index in [-0.39, 0.29) is 24.4 Å². The Kier molecular flexibility index (Phi) is 4.38. The van der Waals surface area contributed by atoms with E-state index in [4.69, 9.17) is 28.4 Å². The lowest BCUT2D eigenvalue weighted by atomic mass is 10.1. The molecule has 5 atom stereocenters. The van der Waals surface area contributed by atoms with Crippen LogP contribution in [0.25, 0.3) is 0 Å². The van der Waals surface area contributed by atoms with Gasteiger partial charge in [-0.1, -0.05) is 30.3 Å². The molecule has 3 heterocycles. The Labute approximate surface area is 148 Å². The summed E-state index contributed by atoms with van der Waals surface area (Å²) in [6.07, 6.45) is -1.52. The average molecular weight is 350 g/mol. The van der Waals surface area contributed by atoms with Gasteiger partial charge in [-0.15, -0.1) is 0 Å². The summed E-state index contributed by atoms with van der Waals surface area (Å²) in [5.41, 5.74) is 1.10. The second kappa shape index (κ2) is 6.30. The fourth-order valence-corrected chi connectivity index (χ4v) is 3.64. The van der Waals surface area contributed by atoms with E-state index < -0.39 is 17.9 Å². The lowest BCUT2D eigenvalue weighted by Crippen LogP contribution is -2.44. The molecule has 6 nitrogen and oxygen atoms in total. The molecule has 2 unspecified atom stereocenters. The van der Waals surface area contributed by atoms with Crippen LogP contribution >= 0.6 is 0 Å². The van der Waals surface area contributed by atoms with Crippen LogP contribution in [0.15, 0.2) is 30.3 Å². The fourth-order valence-electron chi connectivity index (χ4n) is 3.64. The van der Waals surface area contributed by atoms with Crippen molar-refractivity contribution in [1.29, 1.82) is 0 Å². The highest BCUT2D eigenvalue weighted by molar-refractivity contribution is 5.13. The molecule has 25 heavy (non-hydrogen) atoms. The topological polar surface area (TPSA) is 55.4 Å². The lowest BCUT2D eigenvalue weighted by molar-refractivity contribution is -0.236. The molecule has 6 heteroatoms. The van der Waals surface area contributed by atoms with E-state index in [0.717, 1.165) is 5.56 Å². The molecule has 0 saturated carbocycles. The van der Waals surface area contributed by atoms with E-state index in [2.05, 4.69) is 0 Å². The number of benzene rings is 1. The molecule has 3 aliphatic rings. The van der Waals surface area contributed by atoms with Crippen LogP contribution in [0.2, 0.25) is 0 Å². The average Bonchev–Trinajstić information content (AvgIpc) is 3.15. The van der Waals surface area contributed by atoms with Gasteiger partial charge in [0.1, 0.15) is 24.4 Å². The standard InChI is InChI=1S/C19H26O6/c1-18(2)21-11-13(23-18)14-15(20-10-12-8-6-5-7-9-12)16-17(22-14)25-19(3,4)24-16/h5-9,13-17H,10-11H2,1-4H3/t13?,14-,15-,16?,17-/m1/s1. The summed E-state index contributed by atoms with van der Waals surface area (Å²) in [5.74, 6) is -1.29. The zero-order valence-corrected chi connectivity index (χ0v) is 15.1. The van der Waals surface area contributed by atoms with Gasteiger partial charge in [0.05, 0.1) is 13.2 Å². The number of ether oxygens (including phenoxy) is 6. The number of hydrogen-bond acceptors (Lipinski definition) is 6. The maximum atomic E-state index is 6.22. The molecule has 1 aromatic rings. The molecule has 138 valence electrons. The Hall–Kier alpha value is -1.02. The van der Waals surface area contributed by atoms with Crippen molar-refractivity contribution in [3.63, 3.8) is 0 Å². The lowest BCUT2D eigenvalue weighted by Gasteiger charge is -2.29. The second-order valence-corrected chi connectivity index (χ2v) is 7.70. The Morgan fingerprint density at radius 1 is 0.960 bits per heavy atom. The Bertz CT molecular complexity index is 601. The van der Waals surface area contributed by atoms with Gasteiger partial charge in [0.25, 0.3) is 0 Å². The summed E-state index contributed by atoms with van der Waals surface area (Å²) < 4.78 is 36.0. The molecular weight excluding hydrogens is 324 g/mol. The molecular formula is C19H26O6. The maximum absolute atomic E-state index is 6.22. The molecule has 0 bridgehead atoms. The summed E-state index contributed by atoms with van der Waals surface area (Å²) in [5, 5.41) is 0. The van der Waals surface area contributed by atoms with Gasteiger partial charge in [-0.25, -0.2) is 0 Å². The molecule has 3 aliphatic heterocycles. The molecule has 0 aliphatic carbocycles. The van der Waals surface area contributed by atoms with Crippen molar-refractivity contribution in [2.24, 2.45) is 0 Å². The zero-order valence-electron chi connectivity index (χ0n) is 15.1. The predicted molar refractivity (Wildman–Crippen MR) is 88.6 cm³/mol. The van der Waals surface area contributed by atoms with Crippen molar-refractivity contribution in [3.8, 4) is 0 Å². The Balaban J connectivity index is 1.50. The van der Waals surface area contributed by atoms with E-state index >= 15 is 0 Å². The minimum Gasteiger partial charge on any atom is -0.368 e. The van der Waals surface area contributed by atoms with Gasteiger partial charge in [-0.2, -0.15) is 0 Å². The van der Waals surface area contributed by atoms with Crippen molar-refractivity contribution in [2.75, 3.05) is 6.61 Å². The van der Waals surface area contributed by atoms with Crippen LogP contribution < -0.4 is 0 Å². The number of rotatable bonds is 4. The molecule has 0 radical (unpaired) electrons. The van der Waals surface area contributed by atoms with E-state index in [1.54, 1.807) is 0 Å². The van der Waals surface area contributed by atoms with E-state index in [0.29, 0.717) is 13.2 Å². The van der Waals surface area contributed by atoms with Crippen molar-refractivity contribution < 1.29 is 28.4 Å². The van der Waals surface area contributed by atoms with Crippen LogP contribution in [0.3, 0.4) is 0 Å². The first-order valence-electron chi connectivity index (χ1n) is 8.81. The molecule has 0 spiro atoms. The highest BCUT2D eigenvalue weighted by atomic mass is 16.8. The summed E-state index contributed by atoms with van der Waals surface area (Å²) >= 11 is 0. The predicted octanol–water partition coefficient (Wildman–Crippen LogP) is 2.60. The normalized spacial score (nSPS) is 38.8. The van der Waals surface area contributed by atoms with Crippen molar-refractivity contribution in [1.82, 2.24) is 0 Å². The van der Waals surface area contributed by atoms with Gasteiger partial charge in [0, 0.05) is 0 Å². The molecule has 3 saturated heterocycles. The highest BCUT2D eigenvalue weighted by Crippen LogP contribution is 2.42. The first-order chi connectivity index (χ1) is 11.8. The third kappa shape index (κ3) is 3.60. The van der Waals surface area contributed by atoms with Crippen LogP contribution in [0.4, 0.5) is 0 Å². The number of hydrogen-bond donors (Lipinski definition) is 0. The minimum atomic E-state index is -0.680. The van der Waals surface area contributed by atoms with Gasteiger partial charge < -0.3 is 28.4 Å². The summed E-state index contributed by atoms with van der Waals surface area (Å²) in [6, 6.07) is 10.1. The van der Waals surface area contributed by atoms with Crippen LogP contribution in [0.1, 0.15) is 33.3 Å². The van der Waals surface area contributed by atoms with Gasteiger partial charge in [-0.05, 0) is 33.3 Å². The van der Waals surface area contributed by atoms with E-state index in [1.165, 1.54) is 0 Å². The smallest absolute Gasteiger partial charge is 0.190 e. The summed E-state index contributed by atoms with van der Waals surface area (Å²) in [6.45, 7) is 8.52. The molecule has 0 N–H and O–H groups in total. The van der Waals surface area contributed by atoms with Crippen molar-refractivity contribution in [2.45, 2.75) is 76.6 Å². The number of fused-ring (bicyclic) bond motifs is 1. The third-order valence-electron chi connectivity index (χ3n) is 4.71. The molecule has 0 aromatic heterocycles. The first-order valence-corrected chi connectivity index (χ1v) is 8.81. The Morgan fingerprint density at radius 2 is 1.72 bits per heavy atom. The monoisotopic (exact) mass is 350 g/mol. The van der Waals surface area contributed by atoms with Crippen LogP contribution in [0.5, 0.6) is 0 Å². The van der Waals surface area contributed by atoms with Crippen LogP contribution in [-0.4, -0.2) is 48.9 Å². The van der Waals surface area contributed by atoms with Gasteiger partial charge in [0.15, 0.2) is 17.9 Å². The zero-order chi connectivity index (χ0) is 17.7. The van der Waals surface area contributed by atoms with Crippen molar-refractivity contribution >= 4 is 0 Å². The van der Waals surface area contributed by atoms with Gasteiger partial charge in [0.2, 0.25) is 0 Å². The largest absolute Gasteiger partial charge is 0.368 e. The first kappa shape index (κ1) is 17.4. The van der Waals surface area contributed by atoms with Gasteiger partial charge >= 0.3 is 0 Å². The third-order valence-corrected chi connectivity index (χ3v) is 4.71. The summed E-state index contributed by atoms with van der Waals surface area (Å²) in [4.78, 5) is 0. The van der Waals surface area contributed by atoms with Crippen LogP contribution in [0, 0.1) is 0 Å². The van der Waals surface area contributed by atoms with E-state index in [1.807, 2.05) is 58.0 Å². The Morgan fingerprint density at radius 3 is 2.40 bits per heavy atom. The van der Waals surface area contributed by atoms with E-state index in [9.17, 15) is 0 Å². The highest BCUT2D eigenvalue weighted by Gasteiger charge is 2.58. The van der Waals surface area contributed by atoms with Crippen LogP contribution in [-0.2, 0) is 35.0 Å². The molecule has 0 amide bonds. The molecule has 3 fully saturated rings. The maximum Gasteiger partial charge on any atom is 0.190 e. The molecule has 1 aromatic carbocycles. The van der Waals surface area contributed by atoms with Gasteiger partial charge in [-0.3, -0.25) is 0 Å². The SMILES string of the molecule is CC1(C)OCC([C@H]2O[C@@H]3OC(C)(C)OC3[C@@H]2OCc2ccccc2)O1. The summed E-state index contributed by atoms with van der Waals surface area (Å²) in [7, 11) is 0. The second-order valence-electron chi connectivity index (χ2n) is 7.70. The minimum absolute atomic E-state index is 0.211. The molecule has 4 rings (SSSR count). The quantitative estimate of drug-likeness (QED) is 0.832. The van der Waals surface area contributed by atoms with Crippen molar-refractivity contribution in [3.05, 3.63) is 35.9 Å². The fraction of sp³-hybridized carbons (Fsp3) is 0.684.